The predicted molar refractivity (Wildman–Crippen MR) is 69.0 cm³/mol. The highest BCUT2D eigenvalue weighted by atomic mass is 16.4. The SMILES string of the molecule is O=C(O)CC(CN1CCCCC1)C(=O)c1ncc[nH]1. The molecule has 1 fully saturated rings. The van der Waals surface area contributed by atoms with E-state index < -0.39 is 11.9 Å². The van der Waals surface area contributed by atoms with Crippen molar-refractivity contribution < 1.29 is 14.7 Å². The molecule has 2 N–H and O–H groups in total. The Morgan fingerprint density at radius 1 is 1.37 bits per heavy atom. The molecule has 0 saturated carbocycles. The average Bonchev–Trinajstić information content (AvgIpc) is 2.91. The molecule has 0 aliphatic carbocycles. The summed E-state index contributed by atoms with van der Waals surface area (Å²) in [4.78, 5) is 32.0. The molecule has 0 radical (unpaired) electrons. The van der Waals surface area contributed by atoms with Crippen molar-refractivity contribution in [3.8, 4) is 0 Å². The fourth-order valence-corrected chi connectivity index (χ4v) is 2.50. The van der Waals surface area contributed by atoms with E-state index in [1.54, 1.807) is 6.20 Å². The zero-order valence-electron chi connectivity index (χ0n) is 10.8. The van der Waals surface area contributed by atoms with Crippen LogP contribution in [0.1, 0.15) is 36.3 Å². The number of H-pyrrole nitrogens is 1. The summed E-state index contributed by atoms with van der Waals surface area (Å²) in [6.07, 6.45) is 6.39. The van der Waals surface area contributed by atoms with Crippen LogP contribution in [0.4, 0.5) is 0 Å². The van der Waals surface area contributed by atoms with E-state index in [9.17, 15) is 9.59 Å². The summed E-state index contributed by atoms with van der Waals surface area (Å²) in [7, 11) is 0. The molecule has 2 heterocycles. The first-order chi connectivity index (χ1) is 9.16. The van der Waals surface area contributed by atoms with E-state index in [4.69, 9.17) is 5.11 Å². The Morgan fingerprint density at radius 3 is 2.68 bits per heavy atom. The third-order valence-electron chi connectivity index (χ3n) is 3.45. The zero-order valence-corrected chi connectivity index (χ0v) is 10.8. The number of likely N-dealkylation sites (tertiary alicyclic amines) is 1. The molecule has 1 aliphatic heterocycles. The number of nitrogens with one attached hydrogen (secondary N) is 1. The van der Waals surface area contributed by atoms with E-state index in [0.717, 1.165) is 25.9 Å². The van der Waals surface area contributed by atoms with Crippen LogP contribution in [-0.2, 0) is 4.79 Å². The molecule has 2 rings (SSSR count). The number of aromatic nitrogens is 2. The Balaban J connectivity index is 2.02. The summed E-state index contributed by atoms with van der Waals surface area (Å²) in [6, 6.07) is 0. The third kappa shape index (κ3) is 3.89. The van der Waals surface area contributed by atoms with Crippen molar-refractivity contribution >= 4 is 11.8 Å². The highest BCUT2D eigenvalue weighted by Crippen LogP contribution is 2.16. The number of carboxylic acid groups (broad SMARTS) is 1. The van der Waals surface area contributed by atoms with Gasteiger partial charge in [-0.2, -0.15) is 0 Å². The Hall–Kier alpha value is -1.69. The highest BCUT2D eigenvalue weighted by Gasteiger charge is 2.27. The second-order valence-electron chi connectivity index (χ2n) is 4.96. The number of hydrogen-bond donors (Lipinski definition) is 2. The van der Waals surface area contributed by atoms with Crippen LogP contribution < -0.4 is 0 Å². The maximum atomic E-state index is 12.2. The van der Waals surface area contributed by atoms with Crippen LogP contribution in [0, 0.1) is 5.92 Å². The fraction of sp³-hybridized carbons (Fsp3) is 0.615. The third-order valence-corrected chi connectivity index (χ3v) is 3.45. The van der Waals surface area contributed by atoms with Crippen LogP contribution >= 0.6 is 0 Å². The van der Waals surface area contributed by atoms with E-state index in [2.05, 4.69) is 14.9 Å². The number of aliphatic carboxylic acids is 1. The molecule has 0 bridgehead atoms. The van der Waals surface area contributed by atoms with Gasteiger partial charge in [0.1, 0.15) is 0 Å². The number of rotatable bonds is 6. The minimum absolute atomic E-state index is 0.143. The van der Waals surface area contributed by atoms with Gasteiger partial charge in [0.25, 0.3) is 0 Å². The second-order valence-corrected chi connectivity index (χ2v) is 4.96. The minimum Gasteiger partial charge on any atom is -0.481 e. The van der Waals surface area contributed by atoms with E-state index in [0.29, 0.717) is 6.54 Å². The predicted octanol–water partition coefficient (Wildman–Crippen LogP) is 1.17. The Labute approximate surface area is 111 Å². The maximum Gasteiger partial charge on any atom is 0.304 e. The van der Waals surface area contributed by atoms with E-state index in [-0.39, 0.29) is 18.0 Å². The number of nitrogens with zero attached hydrogens (tertiary/aromatic N) is 2. The van der Waals surface area contributed by atoms with Crippen molar-refractivity contribution in [2.24, 2.45) is 5.92 Å². The summed E-state index contributed by atoms with van der Waals surface area (Å²) in [5.41, 5.74) is 0. The topological polar surface area (TPSA) is 86.3 Å². The van der Waals surface area contributed by atoms with Gasteiger partial charge >= 0.3 is 5.97 Å². The van der Waals surface area contributed by atoms with E-state index in [1.807, 2.05) is 0 Å². The van der Waals surface area contributed by atoms with Gasteiger partial charge in [-0.05, 0) is 25.9 Å². The highest BCUT2D eigenvalue weighted by molar-refractivity contribution is 5.96. The first kappa shape index (κ1) is 13.7. The molecule has 0 aromatic carbocycles. The van der Waals surface area contributed by atoms with Crippen molar-refractivity contribution in [1.82, 2.24) is 14.9 Å². The Bertz CT molecular complexity index is 424. The fourth-order valence-electron chi connectivity index (χ4n) is 2.50. The number of carboxylic acids is 1. The molecular weight excluding hydrogens is 246 g/mol. The molecule has 6 nitrogen and oxygen atoms in total. The molecule has 1 saturated heterocycles. The normalized spacial score (nSPS) is 18.1. The number of aromatic amines is 1. The molecule has 19 heavy (non-hydrogen) atoms. The molecule has 0 amide bonds. The number of carbonyl (C=O) groups excluding carboxylic acids is 1. The molecule has 1 aromatic heterocycles. The lowest BCUT2D eigenvalue weighted by molar-refractivity contribution is -0.137. The molecule has 1 aromatic rings. The largest absolute Gasteiger partial charge is 0.481 e. The van der Waals surface area contributed by atoms with Crippen molar-refractivity contribution in [2.45, 2.75) is 25.7 Å². The lowest BCUT2D eigenvalue weighted by atomic mass is 9.97. The number of ketones is 1. The number of piperidine rings is 1. The Morgan fingerprint density at radius 2 is 2.11 bits per heavy atom. The summed E-state index contributed by atoms with van der Waals surface area (Å²) in [6.45, 7) is 2.40. The van der Waals surface area contributed by atoms with E-state index >= 15 is 0 Å². The molecule has 104 valence electrons. The molecule has 1 unspecified atom stereocenters. The van der Waals surface area contributed by atoms with Crippen LogP contribution in [0.3, 0.4) is 0 Å². The maximum absolute atomic E-state index is 12.2. The van der Waals surface area contributed by atoms with Crippen LogP contribution in [0.5, 0.6) is 0 Å². The van der Waals surface area contributed by atoms with Crippen LogP contribution in [0.15, 0.2) is 12.4 Å². The zero-order chi connectivity index (χ0) is 13.7. The molecule has 1 atom stereocenters. The van der Waals surface area contributed by atoms with Gasteiger partial charge in [-0.15, -0.1) is 0 Å². The monoisotopic (exact) mass is 265 g/mol. The Kier molecular flexibility index (Phi) is 4.68. The summed E-state index contributed by atoms with van der Waals surface area (Å²) in [5, 5.41) is 8.96. The molecular formula is C13H19N3O3. The number of imidazole rings is 1. The number of carbonyl (C=O) groups is 2. The van der Waals surface area contributed by atoms with Gasteiger partial charge in [-0.3, -0.25) is 9.59 Å². The van der Waals surface area contributed by atoms with Gasteiger partial charge in [0.15, 0.2) is 5.82 Å². The van der Waals surface area contributed by atoms with Crippen molar-refractivity contribution in [1.29, 1.82) is 0 Å². The van der Waals surface area contributed by atoms with Crippen molar-refractivity contribution in [3.05, 3.63) is 18.2 Å². The number of hydrogen-bond acceptors (Lipinski definition) is 4. The second kappa shape index (κ2) is 6.47. The summed E-state index contributed by atoms with van der Waals surface area (Å²) < 4.78 is 0. The minimum atomic E-state index is -0.943. The summed E-state index contributed by atoms with van der Waals surface area (Å²) >= 11 is 0. The quantitative estimate of drug-likeness (QED) is 0.754. The summed E-state index contributed by atoms with van der Waals surface area (Å²) in [5.74, 6) is -1.43. The van der Waals surface area contributed by atoms with Gasteiger partial charge < -0.3 is 15.0 Å². The van der Waals surface area contributed by atoms with Gasteiger partial charge in [0, 0.05) is 24.9 Å². The number of Topliss-reactive ketones (excluding diaryl/α,β-unsaturated/α-hetero) is 1. The van der Waals surface area contributed by atoms with Crippen LogP contribution in [0.25, 0.3) is 0 Å². The smallest absolute Gasteiger partial charge is 0.304 e. The standard InChI is InChI=1S/C13H19N3O3/c17-11(18)8-10(9-16-6-2-1-3-7-16)12(19)13-14-4-5-15-13/h4-5,10H,1-3,6-9H2,(H,14,15)(H,17,18). The molecule has 0 spiro atoms. The van der Waals surface area contributed by atoms with Crippen LogP contribution in [-0.4, -0.2) is 51.4 Å². The average molecular weight is 265 g/mol. The van der Waals surface area contributed by atoms with E-state index in [1.165, 1.54) is 12.6 Å². The lowest BCUT2D eigenvalue weighted by Gasteiger charge is -2.29. The van der Waals surface area contributed by atoms with Gasteiger partial charge in [0.2, 0.25) is 5.78 Å². The lowest BCUT2D eigenvalue weighted by Crippen LogP contribution is -2.38. The van der Waals surface area contributed by atoms with Crippen molar-refractivity contribution in [3.63, 3.8) is 0 Å². The van der Waals surface area contributed by atoms with Crippen LogP contribution in [0.2, 0.25) is 0 Å². The first-order valence-electron chi connectivity index (χ1n) is 6.64. The van der Waals surface area contributed by atoms with Gasteiger partial charge in [0.05, 0.1) is 6.42 Å². The van der Waals surface area contributed by atoms with Gasteiger partial charge in [-0.25, -0.2) is 4.98 Å². The molecule has 1 aliphatic rings. The van der Waals surface area contributed by atoms with Crippen molar-refractivity contribution in [2.75, 3.05) is 19.6 Å². The first-order valence-corrected chi connectivity index (χ1v) is 6.64. The molecule has 6 heteroatoms. The van der Waals surface area contributed by atoms with Gasteiger partial charge in [-0.1, -0.05) is 6.42 Å².